The Hall–Kier alpha value is -1.11. The van der Waals surface area contributed by atoms with Crippen molar-refractivity contribution in [1.29, 1.82) is 0 Å². The summed E-state index contributed by atoms with van der Waals surface area (Å²) >= 11 is 3.39. The normalized spacial score (nSPS) is 10.3. The van der Waals surface area contributed by atoms with Crippen molar-refractivity contribution in [2.45, 2.75) is 13.0 Å². The van der Waals surface area contributed by atoms with Crippen molar-refractivity contribution in [3.63, 3.8) is 0 Å². The average Bonchev–Trinajstić information content (AvgIpc) is 2.42. The predicted molar refractivity (Wildman–Crippen MR) is 77.0 cm³/mol. The van der Waals surface area contributed by atoms with Crippen LogP contribution in [0.1, 0.15) is 12.0 Å². The Bertz CT molecular complexity index is 413. The molecule has 3 N–H and O–H groups in total. The van der Waals surface area contributed by atoms with E-state index in [4.69, 9.17) is 15.2 Å². The molecule has 19 heavy (non-hydrogen) atoms. The molecule has 0 bridgehead atoms. The number of halogens is 1. The largest absolute Gasteiger partial charge is 0.484 e. The number of methoxy groups -OCH3 is 1. The van der Waals surface area contributed by atoms with Gasteiger partial charge in [0.25, 0.3) is 5.91 Å². The summed E-state index contributed by atoms with van der Waals surface area (Å²) in [7, 11) is 1.63. The van der Waals surface area contributed by atoms with Gasteiger partial charge in [0.2, 0.25) is 0 Å². The number of carbonyl (C=O) groups is 1. The van der Waals surface area contributed by atoms with E-state index in [0.717, 1.165) is 16.5 Å². The van der Waals surface area contributed by atoms with Crippen molar-refractivity contribution in [1.82, 2.24) is 5.32 Å². The first kappa shape index (κ1) is 15.9. The molecule has 1 rings (SSSR count). The molecular formula is C13H19BrN2O3. The fourth-order valence-electron chi connectivity index (χ4n) is 1.44. The first-order chi connectivity index (χ1) is 9.17. The molecule has 0 saturated heterocycles. The molecule has 0 fully saturated rings. The maximum Gasteiger partial charge on any atom is 0.257 e. The second kappa shape index (κ2) is 8.90. The Balaban J connectivity index is 2.33. The van der Waals surface area contributed by atoms with Crippen molar-refractivity contribution >= 4 is 21.8 Å². The molecule has 0 aliphatic rings. The lowest BCUT2D eigenvalue weighted by Gasteiger charge is -2.09. The van der Waals surface area contributed by atoms with Crippen molar-refractivity contribution in [3.05, 3.63) is 28.2 Å². The van der Waals surface area contributed by atoms with Crippen LogP contribution >= 0.6 is 15.9 Å². The van der Waals surface area contributed by atoms with Gasteiger partial charge in [0.15, 0.2) is 6.61 Å². The lowest BCUT2D eigenvalue weighted by Crippen LogP contribution is -2.30. The van der Waals surface area contributed by atoms with Gasteiger partial charge in [-0.2, -0.15) is 0 Å². The molecule has 1 amide bonds. The maximum atomic E-state index is 11.5. The van der Waals surface area contributed by atoms with E-state index < -0.39 is 0 Å². The molecule has 106 valence electrons. The topological polar surface area (TPSA) is 73.6 Å². The van der Waals surface area contributed by atoms with Gasteiger partial charge in [-0.25, -0.2) is 0 Å². The molecule has 0 radical (unpaired) electrons. The number of nitrogens with two attached hydrogens (primary N) is 1. The molecule has 0 spiro atoms. The summed E-state index contributed by atoms with van der Waals surface area (Å²) in [5.41, 5.74) is 6.54. The first-order valence-corrected chi connectivity index (χ1v) is 6.83. The molecule has 1 aromatic carbocycles. The smallest absolute Gasteiger partial charge is 0.257 e. The van der Waals surface area contributed by atoms with Gasteiger partial charge in [0, 0.05) is 31.3 Å². The standard InChI is InChI=1S/C13H19BrN2O3/c1-18-6-2-5-16-13(17)9-19-11-3-4-12(14)10(7-11)8-15/h3-4,7H,2,5-6,8-9,15H2,1H3,(H,16,17). The minimum absolute atomic E-state index is 0.00136. The molecule has 0 atom stereocenters. The number of nitrogens with one attached hydrogen (secondary N) is 1. The van der Waals surface area contributed by atoms with Crippen LogP contribution < -0.4 is 15.8 Å². The number of amides is 1. The SMILES string of the molecule is COCCCNC(=O)COc1ccc(Br)c(CN)c1. The number of hydrogen-bond donors (Lipinski definition) is 2. The van der Waals surface area contributed by atoms with Crippen LogP contribution in [0.3, 0.4) is 0 Å². The minimum Gasteiger partial charge on any atom is -0.484 e. The molecule has 0 aliphatic carbocycles. The van der Waals surface area contributed by atoms with Gasteiger partial charge >= 0.3 is 0 Å². The average molecular weight is 331 g/mol. The van der Waals surface area contributed by atoms with Crippen LogP contribution in [-0.4, -0.2) is 32.8 Å². The van der Waals surface area contributed by atoms with E-state index in [1.54, 1.807) is 13.2 Å². The van der Waals surface area contributed by atoms with E-state index in [0.29, 0.717) is 25.4 Å². The van der Waals surface area contributed by atoms with Crippen molar-refractivity contribution < 1.29 is 14.3 Å². The van der Waals surface area contributed by atoms with E-state index in [1.807, 2.05) is 12.1 Å². The Morgan fingerprint density at radius 2 is 2.26 bits per heavy atom. The van der Waals surface area contributed by atoms with Crippen LogP contribution in [0, 0.1) is 0 Å². The second-order valence-electron chi connectivity index (χ2n) is 3.94. The van der Waals surface area contributed by atoms with Gasteiger partial charge in [-0.3, -0.25) is 4.79 Å². The van der Waals surface area contributed by atoms with Crippen LogP contribution in [0.5, 0.6) is 5.75 Å². The monoisotopic (exact) mass is 330 g/mol. The Labute approximate surface area is 121 Å². The second-order valence-corrected chi connectivity index (χ2v) is 4.80. The Kier molecular flexibility index (Phi) is 7.47. The molecule has 0 aromatic heterocycles. The van der Waals surface area contributed by atoms with Crippen LogP contribution in [0.4, 0.5) is 0 Å². The van der Waals surface area contributed by atoms with Crippen LogP contribution in [0.15, 0.2) is 22.7 Å². The van der Waals surface area contributed by atoms with Crippen LogP contribution in [0.25, 0.3) is 0 Å². The number of carbonyl (C=O) groups excluding carboxylic acids is 1. The van der Waals surface area contributed by atoms with Gasteiger partial charge in [-0.1, -0.05) is 15.9 Å². The number of ether oxygens (including phenoxy) is 2. The van der Waals surface area contributed by atoms with Gasteiger partial charge < -0.3 is 20.5 Å². The zero-order chi connectivity index (χ0) is 14.1. The highest BCUT2D eigenvalue weighted by molar-refractivity contribution is 9.10. The molecule has 0 aliphatic heterocycles. The molecular weight excluding hydrogens is 312 g/mol. The minimum atomic E-state index is -0.145. The summed E-state index contributed by atoms with van der Waals surface area (Å²) in [6.45, 7) is 1.64. The summed E-state index contributed by atoms with van der Waals surface area (Å²) in [6.07, 6.45) is 0.790. The number of rotatable bonds is 8. The first-order valence-electron chi connectivity index (χ1n) is 6.04. The quantitative estimate of drug-likeness (QED) is 0.707. The number of hydrogen-bond acceptors (Lipinski definition) is 4. The lowest BCUT2D eigenvalue weighted by molar-refractivity contribution is -0.123. The van der Waals surface area contributed by atoms with E-state index in [9.17, 15) is 4.79 Å². The molecule has 6 heteroatoms. The molecule has 0 saturated carbocycles. The summed E-state index contributed by atoms with van der Waals surface area (Å²) in [5.74, 6) is 0.490. The fourth-order valence-corrected chi connectivity index (χ4v) is 1.85. The van der Waals surface area contributed by atoms with Gasteiger partial charge in [0.05, 0.1) is 0 Å². The summed E-state index contributed by atoms with van der Waals surface area (Å²) < 4.78 is 11.2. The lowest BCUT2D eigenvalue weighted by atomic mass is 10.2. The van der Waals surface area contributed by atoms with Crippen molar-refractivity contribution in [2.24, 2.45) is 5.73 Å². The Morgan fingerprint density at radius 1 is 1.47 bits per heavy atom. The van der Waals surface area contributed by atoms with E-state index in [-0.39, 0.29) is 12.5 Å². The highest BCUT2D eigenvalue weighted by Gasteiger charge is 2.04. The van der Waals surface area contributed by atoms with Gasteiger partial charge in [-0.15, -0.1) is 0 Å². The highest BCUT2D eigenvalue weighted by atomic mass is 79.9. The third-order valence-electron chi connectivity index (χ3n) is 2.45. The molecule has 1 aromatic rings. The Morgan fingerprint density at radius 3 is 2.95 bits per heavy atom. The van der Waals surface area contributed by atoms with E-state index >= 15 is 0 Å². The zero-order valence-electron chi connectivity index (χ0n) is 10.9. The summed E-state index contributed by atoms with van der Waals surface area (Å²) in [5, 5.41) is 2.75. The van der Waals surface area contributed by atoms with Crippen LogP contribution in [-0.2, 0) is 16.1 Å². The van der Waals surface area contributed by atoms with Crippen molar-refractivity contribution in [2.75, 3.05) is 26.9 Å². The highest BCUT2D eigenvalue weighted by Crippen LogP contribution is 2.22. The molecule has 0 unspecified atom stereocenters. The fraction of sp³-hybridized carbons (Fsp3) is 0.462. The molecule has 0 heterocycles. The van der Waals surface area contributed by atoms with E-state index in [1.165, 1.54) is 0 Å². The number of benzene rings is 1. The maximum absolute atomic E-state index is 11.5. The van der Waals surface area contributed by atoms with Crippen molar-refractivity contribution in [3.8, 4) is 5.75 Å². The van der Waals surface area contributed by atoms with Crippen LogP contribution in [0.2, 0.25) is 0 Å². The zero-order valence-corrected chi connectivity index (χ0v) is 12.5. The summed E-state index contributed by atoms with van der Waals surface area (Å²) in [6, 6.07) is 5.47. The predicted octanol–water partition coefficient (Wildman–Crippen LogP) is 1.44. The van der Waals surface area contributed by atoms with Gasteiger partial charge in [0.1, 0.15) is 5.75 Å². The molecule has 5 nitrogen and oxygen atoms in total. The van der Waals surface area contributed by atoms with E-state index in [2.05, 4.69) is 21.2 Å². The third-order valence-corrected chi connectivity index (χ3v) is 3.23. The third kappa shape index (κ3) is 6.04. The summed E-state index contributed by atoms with van der Waals surface area (Å²) in [4.78, 5) is 11.5. The van der Waals surface area contributed by atoms with Gasteiger partial charge in [-0.05, 0) is 30.2 Å².